The van der Waals surface area contributed by atoms with E-state index < -0.39 is 5.91 Å². The van der Waals surface area contributed by atoms with Crippen molar-refractivity contribution in [3.63, 3.8) is 0 Å². The summed E-state index contributed by atoms with van der Waals surface area (Å²) in [6, 6.07) is 35.6. The molecule has 6 aromatic rings. The third-order valence-electron chi connectivity index (χ3n) is 6.85. The number of carbonyl (C=O) groups is 1. The van der Waals surface area contributed by atoms with Gasteiger partial charge in [0.1, 0.15) is 0 Å². The van der Waals surface area contributed by atoms with Crippen LogP contribution in [-0.4, -0.2) is 10.5 Å². The second-order valence-corrected chi connectivity index (χ2v) is 8.83. The summed E-state index contributed by atoms with van der Waals surface area (Å²) in [6.45, 7) is 2.87. The Morgan fingerprint density at radius 1 is 0.735 bits per heavy atom. The molecule has 0 bridgehead atoms. The predicted octanol–water partition coefficient (Wildman–Crippen LogP) is 7.07. The van der Waals surface area contributed by atoms with Crippen molar-refractivity contribution < 1.29 is 4.79 Å². The van der Waals surface area contributed by atoms with Gasteiger partial charge in [-0.05, 0) is 58.1 Å². The van der Waals surface area contributed by atoms with Crippen LogP contribution in [0.3, 0.4) is 0 Å². The van der Waals surface area contributed by atoms with Gasteiger partial charge in [0.15, 0.2) is 0 Å². The van der Waals surface area contributed by atoms with E-state index >= 15 is 0 Å². The summed E-state index contributed by atoms with van der Waals surface area (Å²) in [4.78, 5) is 12.4. The van der Waals surface area contributed by atoms with Gasteiger partial charge in [-0.25, -0.2) is 0 Å². The first-order valence-electron chi connectivity index (χ1n) is 11.5. The third kappa shape index (κ3) is 3.17. The number of rotatable bonds is 4. The molecule has 0 saturated carbocycles. The third-order valence-corrected chi connectivity index (χ3v) is 6.85. The molecule has 0 atom stereocenters. The number of fused-ring (bicyclic) bond motifs is 4. The van der Waals surface area contributed by atoms with Crippen LogP contribution in [0, 0.1) is 6.92 Å². The Hall–Kier alpha value is -4.37. The molecule has 0 radical (unpaired) electrons. The van der Waals surface area contributed by atoms with Gasteiger partial charge in [0.2, 0.25) is 5.91 Å². The number of nitrogens with two attached hydrogens (primary N) is 1. The van der Waals surface area contributed by atoms with E-state index in [4.69, 9.17) is 5.73 Å². The molecule has 0 saturated heterocycles. The lowest BCUT2D eigenvalue weighted by atomic mass is 9.99. The molecular weight excluding hydrogens is 416 g/mol. The van der Waals surface area contributed by atoms with Crippen LogP contribution in [0.5, 0.6) is 0 Å². The molecule has 3 nitrogen and oxygen atoms in total. The van der Waals surface area contributed by atoms with Gasteiger partial charge >= 0.3 is 0 Å². The number of aromatic nitrogens is 1. The molecule has 0 fully saturated rings. The SMILES string of the molecule is Cc1ccc2ccccc2c1Cn1c2cc(-c3ccccc3)ccc2c2c(C(N)=O)cccc21. The largest absolute Gasteiger partial charge is 0.366 e. The fourth-order valence-electron chi connectivity index (χ4n) is 5.14. The van der Waals surface area contributed by atoms with E-state index in [2.05, 4.69) is 96.4 Å². The first-order valence-corrected chi connectivity index (χ1v) is 11.5. The zero-order valence-electron chi connectivity index (χ0n) is 19.0. The highest BCUT2D eigenvalue weighted by atomic mass is 16.1. The minimum Gasteiger partial charge on any atom is -0.366 e. The Morgan fingerprint density at radius 3 is 2.35 bits per heavy atom. The van der Waals surface area contributed by atoms with Crippen molar-refractivity contribution in [1.29, 1.82) is 0 Å². The Morgan fingerprint density at radius 2 is 1.53 bits per heavy atom. The molecule has 164 valence electrons. The zero-order valence-corrected chi connectivity index (χ0v) is 19.0. The summed E-state index contributed by atoms with van der Waals surface area (Å²) in [5, 5.41) is 4.44. The number of hydrogen-bond donors (Lipinski definition) is 1. The molecule has 0 spiro atoms. The maximum atomic E-state index is 12.4. The van der Waals surface area contributed by atoms with E-state index in [1.807, 2.05) is 18.2 Å². The zero-order chi connectivity index (χ0) is 23.2. The van der Waals surface area contributed by atoms with Crippen LogP contribution in [0.1, 0.15) is 21.5 Å². The number of benzene rings is 5. The van der Waals surface area contributed by atoms with Crippen LogP contribution in [0.2, 0.25) is 0 Å². The molecule has 0 aliphatic rings. The van der Waals surface area contributed by atoms with Gasteiger partial charge in [-0.1, -0.05) is 84.9 Å². The molecule has 0 unspecified atom stereocenters. The Balaban J connectivity index is 1.68. The monoisotopic (exact) mass is 440 g/mol. The van der Waals surface area contributed by atoms with Gasteiger partial charge in [0.25, 0.3) is 0 Å². The molecule has 1 aromatic heterocycles. The smallest absolute Gasteiger partial charge is 0.249 e. The first-order chi connectivity index (χ1) is 16.6. The number of nitrogens with zero attached hydrogens (tertiary/aromatic N) is 1. The molecule has 5 aromatic carbocycles. The second kappa shape index (κ2) is 7.89. The minimum absolute atomic E-state index is 0.405. The molecule has 3 heteroatoms. The Kier molecular flexibility index (Phi) is 4.70. The van der Waals surface area contributed by atoms with Crippen LogP contribution in [-0.2, 0) is 6.54 Å². The van der Waals surface area contributed by atoms with Crippen molar-refractivity contribution in [2.45, 2.75) is 13.5 Å². The molecule has 0 aliphatic carbocycles. The summed E-state index contributed by atoms with van der Waals surface area (Å²) in [5.74, 6) is -0.405. The molecule has 6 rings (SSSR count). The van der Waals surface area contributed by atoms with E-state index in [9.17, 15) is 4.79 Å². The highest BCUT2D eigenvalue weighted by Crippen LogP contribution is 2.36. The lowest BCUT2D eigenvalue weighted by Crippen LogP contribution is -2.11. The normalized spacial score (nSPS) is 11.4. The molecule has 34 heavy (non-hydrogen) atoms. The average molecular weight is 441 g/mol. The van der Waals surface area contributed by atoms with Crippen molar-refractivity contribution >= 4 is 38.5 Å². The Labute approximate surface area is 198 Å². The number of carbonyl (C=O) groups excluding carboxylic acids is 1. The molecular formula is C31H24N2O. The maximum Gasteiger partial charge on any atom is 0.249 e. The fourth-order valence-corrected chi connectivity index (χ4v) is 5.14. The van der Waals surface area contributed by atoms with E-state index in [0.717, 1.165) is 32.9 Å². The average Bonchev–Trinajstić information content (AvgIpc) is 3.19. The van der Waals surface area contributed by atoms with E-state index in [1.54, 1.807) is 0 Å². The summed E-state index contributed by atoms with van der Waals surface area (Å²) in [7, 11) is 0. The predicted molar refractivity (Wildman–Crippen MR) is 141 cm³/mol. The van der Waals surface area contributed by atoms with E-state index in [-0.39, 0.29) is 0 Å². The maximum absolute atomic E-state index is 12.4. The van der Waals surface area contributed by atoms with Crippen LogP contribution in [0.15, 0.2) is 103 Å². The lowest BCUT2D eigenvalue weighted by Gasteiger charge is -2.14. The van der Waals surface area contributed by atoms with Gasteiger partial charge < -0.3 is 10.3 Å². The van der Waals surface area contributed by atoms with Crippen LogP contribution >= 0.6 is 0 Å². The quantitative estimate of drug-likeness (QED) is 0.313. The summed E-state index contributed by atoms with van der Waals surface area (Å²) in [6.07, 6.45) is 0. The molecule has 1 heterocycles. The molecule has 0 aliphatic heterocycles. The number of primary amides is 1. The summed E-state index contributed by atoms with van der Waals surface area (Å²) in [5.41, 5.74) is 13.3. The fraction of sp³-hybridized carbons (Fsp3) is 0.0645. The van der Waals surface area contributed by atoms with Gasteiger partial charge in [-0.3, -0.25) is 4.79 Å². The lowest BCUT2D eigenvalue weighted by molar-refractivity contribution is 0.100. The molecule has 1 amide bonds. The number of hydrogen-bond acceptors (Lipinski definition) is 1. The van der Waals surface area contributed by atoms with Gasteiger partial charge in [0, 0.05) is 22.9 Å². The number of amides is 1. The van der Waals surface area contributed by atoms with Crippen LogP contribution in [0.25, 0.3) is 43.7 Å². The van der Waals surface area contributed by atoms with Gasteiger partial charge in [0.05, 0.1) is 11.0 Å². The van der Waals surface area contributed by atoms with Crippen molar-refractivity contribution in [3.05, 3.63) is 120 Å². The van der Waals surface area contributed by atoms with Crippen molar-refractivity contribution in [2.24, 2.45) is 5.73 Å². The summed E-state index contributed by atoms with van der Waals surface area (Å²) < 4.78 is 2.33. The highest BCUT2D eigenvalue weighted by Gasteiger charge is 2.18. The van der Waals surface area contributed by atoms with Gasteiger partial charge in [-0.15, -0.1) is 0 Å². The molecule has 2 N–H and O–H groups in total. The van der Waals surface area contributed by atoms with E-state index in [0.29, 0.717) is 12.1 Å². The number of aryl methyl sites for hydroxylation is 1. The van der Waals surface area contributed by atoms with Crippen molar-refractivity contribution in [3.8, 4) is 11.1 Å². The summed E-state index contributed by atoms with van der Waals surface area (Å²) >= 11 is 0. The van der Waals surface area contributed by atoms with Gasteiger partial charge in [-0.2, -0.15) is 0 Å². The topological polar surface area (TPSA) is 48.0 Å². The Bertz CT molecular complexity index is 1710. The highest BCUT2D eigenvalue weighted by molar-refractivity contribution is 6.18. The second-order valence-electron chi connectivity index (χ2n) is 8.83. The van der Waals surface area contributed by atoms with Crippen molar-refractivity contribution in [1.82, 2.24) is 4.57 Å². The van der Waals surface area contributed by atoms with E-state index in [1.165, 1.54) is 21.9 Å². The van der Waals surface area contributed by atoms with Crippen LogP contribution < -0.4 is 5.73 Å². The van der Waals surface area contributed by atoms with Crippen molar-refractivity contribution in [2.75, 3.05) is 0 Å². The first kappa shape index (κ1) is 20.3. The standard InChI is InChI=1S/C31H24N2O/c1-20-14-15-22-10-5-6-11-24(22)27(20)19-33-28-13-7-12-26(31(32)34)30(28)25-17-16-23(18-29(25)33)21-8-3-2-4-9-21/h2-18H,19H2,1H3,(H2,32,34). The minimum atomic E-state index is -0.405. The van der Waals surface area contributed by atoms with Crippen LogP contribution in [0.4, 0.5) is 0 Å².